The van der Waals surface area contributed by atoms with E-state index in [1.54, 1.807) is 0 Å². The number of nitrogens with zero attached hydrogens (tertiary/aromatic N) is 4. The lowest BCUT2D eigenvalue weighted by Gasteiger charge is -2.27. The zero-order valence-corrected chi connectivity index (χ0v) is 23.6. The van der Waals surface area contributed by atoms with E-state index in [9.17, 15) is 14.8 Å². The first-order valence-corrected chi connectivity index (χ1v) is 15.1. The third-order valence-electron chi connectivity index (χ3n) is 6.47. The predicted octanol–water partition coefficient (Wildman–Crippen LogP) is 2.33. The van der Waals surface area contributed by atoms with Gasteiger partial charge in [-0.15, -0.1) is 4.52 Å². The molecule has 39 heavy (non-hydrogen) atoms. The molecule has 6 N–H and O–H groups in total. The van der Waals surface area contributed by atoms with Crippen LogP contribution >= 0.6 is 18.6 Å². The van der Waals surface area contributed by atoms with Crippen molar-refractivity contribution in [3.63, 3.8) is 0 Å². The number of aliphatic hydroxyl groups is 2. The minimum absolute atomic E-state index is 0.0508. The van der Waals surface area contributed by atoms with E-state index in [2.05, 4.69) is 15.0 Å². The van der Waals surface area contributed by atoms with Gasteiger partial charge in [-0.3, -0.25) is 4.57 Å². The average Bonchev–Trinajstić information content (AvgIpc) is 3.43. The zero-order chi connectivity index (χ0) is 28.2. The molecular formula is C24H34N6O7PS+. The number of methoxy groups -OCH3 is 1. The van der Waals surface area contributed by atoms with Gasteiger partial charge in [-0.1, -0.05) is 30.3 Å². The summed E-state index contributed by atoms with van der Waals surface area (Å²) in [5, 5.41) is 21.8. The summed E-state index contributed by atoms with van der Waals surface area (Å²) < 4.78 is 36.3. The molecule has 15 heteroatoms. The molecule has 212 valence electrons. The van der Waals surface area contributed by atoms with Gasteiger partial charge in [0, 0.05) is 11.8 Å². The highest BCUT2D eigenvalue weighted by Crippen LogP contribution is 2.43. The van der Waals surface area contributed by atoms with Crippen molar-refractivity contribution in [1.29, 1.82) is 0 Å². The molecule has 0 saturated carbocycles. The summed E-state index contributed by atoms with van der Waals surface area (Å²) in [4.78, 5) is 12.4. The van der Waals surface area contributed by atoms with Gasteiger partial charge in [-0.2, -0.15) is 9.97 Å². The van der Waals surface area contributed by atoms with Gasteiger partial charge in [0.15, 0.2) is 28.8 Å². The van der Waals surface area contributed by atoms with Crippen LogP contribution in [0.3, 0.4) is 0 Å². The molecule has 13 nitrogen and oxygen atoms in total. The molecule has 0 bridgehead atoms. The number of hydrogen-bond acceptors (Lipinski definition) is 13. The number of aromatic nitrogens is 4. The maximum atomic E-state index is 12.5. The molecule has 4 rings (SSSR count). The van der Waals surface area contributed by atoms with Crippen LogP contribution in [0.1, 0.15) is 38.2 Å². The lowest BCUT2D eigenvalue weighted by atomic mass is 9.96. The number of fused-ring (bicyclic) bond motifs is 1. The van der Waals surface area contributed by atoms with Gasteiger partial charge in [-0.05, 0) is 30.4 Å². The third-order valence-corrected chi connectivity index (χ3v) is 8.95. The van der Waals surface area contributed by atoms with E-state index < -0.39 is 31.3 Å². The Morgan fingerprint density at radius 2 is 2.05 bits per heavy atom. The van der Waals surface area contributed by atoms with Crippen molar-refractivity contribution >= 4 is 35.7 Å². The molecule has 2 aromatic heterocycles. The first kappa shape index (κ1) is 29.6. The molecule has 1 aliphatic rings. The molecule has 1 saturated heterocycles. The third kappa shape index (κ3) is 6.84. The minimum atomic E-state index is -2.11. The maximum absolute atomic E-state index is 12.5. The fourth-order valence-corrected chi connectivity index (χ4v) is 6.29. The number of aliphatic hydroxyl groups excluding tert-OH is 1. The molecule has 0 aliphatic carbocycles. The lowest BCUT2D eigenvalue weighted by molar-refractivity contribution is -0.0946. The number of imidazole rings is 1. The Kier molecular flexibility index (Phi) is 9.73. The molecule has 0 spiro atoms. The van der Waals surface area contributed by atoms with E-state index in [1.165, 1.54) is 24.9 Å². The second-order valence-electron chi connectivity index (χ2n) is 9.40. The Labute approximate surface area is 230 Å². The zero-order valence-electron chi connectivity index (χ0n) is 21.9. The standard InChI is InChI=1S/C24H34N6O7PS/c1-14(15-7-5-4-6-8-15)35-11-16(25)9-10-39-38(33)36-12-17-19(31)24(2,32)22(37-17)30-13-27-18-20(30)28-23(26)29-21(18)34-3/h4-8,13-14,16-17,19,22,31-32H,9-12,25H2,1-3H3,(H2,26,28,29)/q+1. The van der Waals surface area contributed by atoms with Crippen LogP contribution in [-0.4, -0.2) is 79.7 Å². The highest BCUT2D eigenvalue weighted by Gasteiger charge is 2.54. The normalized spacial score (nSPS) is 25.1. The van der Waals surface area contributed by atoms with E-state index in [1.807, 2.05) is 37.3 Å². The van der Waals surface area contributed by atoms with Gasteiger partial charge >= 0.3 is 7.23 Å². The minimum Gasteiger partial charge on any atom is -0.479 e. The van der Waals surface area contributed by atoms with Crippen molar-refractivity contribution < 1.29 is 33.5 Å². The summed E-state index contributed by atoms with van der Waals surface area (Å²) in [6, 6.07) is 9.65. The molecule has 3 heterocycles. The molecule has 0 amide bonds. The van der Waals surface area contributed by atoms with Gasteiger partial charge in [-0.25, -0.2) is 4.98 Å². The summed E-state index contributed by atoms with van der Waals surface area (Å²) in [5.41, 5.74) is 11.8. The van der Waals surface area contributed by atoms with Crippen LogP contribution in [-0.2, 0) is 18.6 Å². The molecule has 1 aromatic carbocycles. The molecule has 1 aliphatic heterocycles. The summed E-state index contributed by atoms with van der Waals surface area (Å²) in [7, 11) is -0.686. The molecule has 0 radical (unpaired) electrons. The van der Waals surface area contributed by atoms with Crippen molar-refractivity contribution in [2.45, 2.75) is 56.5 Å². The molecule has 3 aromatic rings. The highest BCUT2D eigenvalue weighted by molar-refractivity contribution is 8.50. The molecule has 1 fully saturated rings. The van der Waals surface area contributed by atoms with Crippen LogP contribution in [0.15, 0.2) is 36.7 Å². The fourth-order valence-electron chi connectivity index (χ4n) is 4.22. The number of anilines is 1. The predicted molar refractivity (Wildman–Crippen MR) is 146 cm³/mol. The topological polar surface area (TPSA) is 190 Å². The average molecular weight is 582 g/mol. The SMILES string of the molecule is COc1nc(N)nc2c1ncn2C1OC(CO[P+](=O)SCCC(N)COC(C)c2ccccc2)C(O)C1(C)O. The van der Waals surface area contributed by atoms with Crippen LogP contribution in [0.25, 0.3) is 11.2 Å². The van der Waals surface area contributed by atoms with Crippen molar-refractivity contribution in [3.05, 3.63) is 42.2 Å². The van der Waals surface area contributed by atoms with Crippen LogP contribution in [0.4, 0.5) is 5.95 Å². The summed E-state index contributed by atoms with van der Waals surface area (Å²) in [5.74, 6) is 0.614. The maximum Gasteiger partial charge on any atom is 0.585 e. The number of nitrogens with two attached hydrogens (primary N) is 2. The van der Waals surface area contributed by atoms with Gasteiger partial charge < -0.3 is 35.9 Å². The van der Waals surface area contributed by atoms with E-state index in [0.29, 0.717) is 24.3 Å². The highest BCUT2D eigenvalue weighted by atomic mass is 32.7. The Bertz CT molecular complexity index is 1270. The molecular weight excluding hydrogens is 547 g/mol. The Morgan fingerprint density at radius 3 is 2.77 bits per heavy atom. The van der Waals surface area contributed by atoms with Crippen molar-refractivity contribution in [1.82, 2.24) is 19.5 Å². The van der Waals surface area contributed by atoms with E-state index in [4.69, 9.17) is 30.2 Å². The van der Waals surface area contributed by atoms with E-state index in [0.717, 1.165) is 16.9 Å². The van der Waals surface area contributed by atoms with Crippen molar-refractivity contribution in [2.75, 3.05) is 31.8 Å². The molecule has 7 atom stereocenters. The van der Waals surface area contributed by atoms with Gasteiger partial charge in [0.05, 0.1) is 26.1 Å². The first-order chi connectivity index (χ1) is 18.6. The number of nitrogen functional groups attached to an aromatic ring is 1. The Balaban J connectivity index is 1.25. The quantitative estimate of drug-likeness (QED) is 0.215. The van der Waals surface area contributed by atoms with Gasteiger partial charge in [0.25, 0.3) is 0 Å². The number of hydrogen-bond donors (Lipinski definition) is 4. The largest absolute Gasteiger partial charge is 0.585 e. The summed E-state index contributed by atoms with van der Waals surface area (Å²) in [6.07, 6.45) is -1.48. The summed E-state index contributed by atoms with van der Waals surface area (Å²) in [6.45, 7) is 3.57. The number of rotatable bonds is 13. The number of ether oxygens (including phenoxy) is 3. The van der Waals surface area contributed by atoms with Crippen LogP contribution in [0.5, 0.6) is 5.88 Å². The van der Waals surface area contributed by atoms with Crippen LogP contribution in [0, 0.1) is 0 Å². The van der Waals surface area contributed by atoms with Crippen LogP contribution < -0.4 is 16.2 Å². The van der Waals surface area contributed by atoms with Gasteiger partial charge in [0.2, 0.25) is 11.8 Å². The molecule has 7 unspecified atom stereocenters. The second-order valence-corrected chi connectivity index (χ2v) is 12.4. The van der Waals surface area contributed by atoms with E-state index >= 15 is 0 Å². The smallest absolute Gasteiger partial charge is 0.479 e. The van der Waals surface area contributed by atoms with Crippen molar-refractivity contribution in [3.8, 4) is 5.88 Å². The first-order valence-electron chi connectivity index (χ1n) is 12.4. The number of benzene rings is 1. The van der Waals surface area contributed by atoms with Crippen LogP contribution in [0.2, 0.25) is 0 Å². The summed E-state index contributed by atoms with van der Waals surface area (Å²) >= 11 is 1.12. The lowest BCUT2D eigenvalue weighted by Crippen LogP contribution is -2.44. The second kappa shape index (κ2) is 12.8. The monoisotopic (exact) mass is 581 g/mol. The van der Waals surface area contributed by atoms with Crippen molar-refractivity contribution in [2.24, 2.45) is 5.73 Å². The van der Waals surface area contributed by atoms with E-state index in [-0.39, 0.29) is 36.2 Å². The van der Waals surface area contributed by atoms with Gasteiger partial charge in [0.1, 0.15) is 24.4 Å². The fraction of sp³-hybridized carbons (Fsp3) is 0.542. The Hall–Kier alpha value is -2.42. The Morgan fingerprint density at radius 1 is 1.31 bits per heavy atom.